The van der Waals surface area contributed by atoms with E-state index in [0.717, 1.165) is 24.9 Å². The van der Waals surface area contributed by atoms with Gasteiger partial charge in [-0.3, -0.25) is 0 Å². The molecular weight excluding hydrogens is 222 g/mol. The van der Waals surface area contributed by atoms with Crippen LogP contribution >= 0.6 is 0 Å². The average Bonchev–Trinajstić information content (AvgIpc) is 2.42. The second-order valence-corrected chi connectivity index (χ2v) is 5.50. The highest BCUT2D eigenvalue weighted by Gasteiger charge is 2.18. The van der Waals surface area contributed by atoms with E-state index in [0.29, 0.717) is 5.75 Å². The molecule has 0 saturated heterocycles. The van der Waals surface area contributed by atoms with Gasteiger partial charge in [0, 0.05) is 6.04 Å². The van der Waals surface area contributed by atoms with Crippen LogP contribution in [-0.2, 0) is 6.42 Å². The maximum Gasteiger partial charge on any atom is 0.115 e. The summed E-state index contributed by atoms with van der Waals surface area (Å²) in [5, 5.41) is 12.9. The molecule has 0 heterocycles. The number of nitrogens with one attached hydrogen (secondary N) is 1. The standard InChI is InChI=1S/C16H25NO/c1-2-13-3-7-15(8-4-13)17-12-11-14-5-9-16(18)10-6-14/h5-6,9-10,13,15,17-18H,2-4,7-8,11-12H2,1H3. The second kappa shape index (κ2) is 6.79. The molecule has 2 rings (SSSR count). The van der Waals surface area contributed by atoms with Gasteiger partial charge in [0.15, 0.2) is 0 Å². The lowest BCUT2D eigenvalue weighted by Crippen LogP contribution is -2.34. The van der Waals surface area contributed by atoms with Gasteiger partial charge >= 0.3 is 0 Å². The lowest BCUT2D eigenvalue weighted by molar-refractivity contribution is 0.287. The molecule has 0 bridgehead atoms. The summed E-state index contributed by atoms with van der Waals surface area (Å²) < 4.78 is 0. The number of benzene rings is 1. The number of aromatic hydroxyl groups is 1. The van der Waals surface area contributed by atoms with Gasteiger partial charge in [-0.05, 0) is 62.3 Å². The average molecular weight is 247 g/mol. The first kappa shape index (κ1) is 13.4. The van der Waals surface area contributed by atoms with Crippen LogP contribution in [0.15, 0.2) is 24.3 Å². The molecule has 1 aliphatic carbocycles. The molecule has 0 amide bonds. The highest BCUT2D eigenvalue weighted by molar-refractivity contribution is 5.25. The molecule has 0 atom stereocenters. The van der Waals surface area contributed by atoms with E-state index < -0.39 is 0 Å². The van der Waals surface area contributed by atoms with E-state index in [1.165, 1.54) is 37.7 Å². The van der Waals surface area contributed by atoms with Gasteiger partial charge in [0.25, 0.3) is 0 Å². The molecule has 1 aromatic rings. The van der Waals surface area contributed by atoms with E-state index in [-0.39, 0.29) is 0 Å². The zero-order chi connectivity index (χ0) is 12.8. The van der Waals surface area contributed by atoms with Gasteiger partial charge in [0.2, 0.25) is 0 Å². The van der Waals surface area contributed by atoms with Crippen LogP contribution < -0.4 is 5.32 Å². The largest absolute Gasteiger partial charge is 0.508 e. The molecule has 0 aromatic heterocycles. The minimum Gasteiger partial charge on any atom is -0.508 e. The summed E-state index contributed by atoms with van der Waals surface area (Å²) in [5.74, 6) is 1.32. The van der Waals surface area contributed by atoms with Gasteiger partial charge in [-0.1, -0.05) is 25.5 Å². The Morgan fingerprint density at radius 1 is 1.11 bits per heavy atom. The summed E-state index contributed by atoms with van der Waals surface area (Å²) in [7, 11) is 0. The normalized spacial score (nSPS) is 24.1. The SMILES string of the molecule is CCC1CCC(NCCc2ccc(O)cc2)CC1. The smallest absolute Gasteiger partial charge is 0.115 e. The topological polar surface area (TPSA) is 32.3 Å². The molecule has 0 radical (unpaired) electrons. The van der Waals surface area contributed by atoms with Crippen LogP contribution in [0.2, 0.25) is 0 Å². The van der Waals surface area contributed by atoms with Crippen LogP contribution in [0.25, 0.3) is 0 Å². The quantitative estimate of drug-likeness (QED) is 0.834. The van der Waals surface area contributed by atoms with Gasteiger partial charge in [0.1, 0.15) is 5.75 Å². The first-order valence-electron chi connectivity index (χ1n) is 7.29. The Kier molecular flexibility index (Phi) is 5.06. The van der Waals surface area contributed by atoms with Crippen molar-refractivity contribution in [2.45, 2.75) is 51.5 Å². The van der Waals surface area contributed by atoms with Gasteiger partial charge in [-0.15, -0.1) is 0 Å². The number of hydrogen-bond donors (Lipinski definition) is 2. The summed E-state index contributed by atoms with van der Waals surface area (Å²) in [6, 6.07) is 8.27. The molecule has 0 unspecified atom stereocenters. The van der Waals surface area contributed by atoms with E-state index in [4.69, 9.17) is 0 Å². The third kappa shape index (κ3) is 4.02. The molecule has 2 nitrogen and oxygen atoms in total. The van der Waals surface area contributed by atoms with Crippen LogP contribution in [0.4, 0.5) is 0 Å². The molecule has 0 aliphatic heterocycles. The number of phenolic OH excluding ortho intramolecular Hbond substituents is 1. The van der Waals surface area contributed by atoms with Crippen LogP contribution in [-0.4, -0.2) is 17.7 Å². The highest BCUT2D eigenvalue weighted by atomic mass is 16.3. The molecule has 1 fully saturated rings. The van der Waals surface area contributed by atoms with Gasteiger partial charge in [-0.25, -0.2) is 0 Å². The fourth-order valence-electron chi connectivity index (χ4n) is 2.86. The van der Waals surface area contributed by atoms with E-state index in [2.05, 4.69) is 12.2 Å². The Bertz CT molecular complexity index is 339. The second-order valence-electron chi connectivity index (χ2n) is 5.50. The number of hydrogen-bond acceptors (Lipinski definition) is 2. The summed E-state index contributed by atoms with van der Waals surface area (Å²) in [5.41, 5.74) is 1.29. The van der Waals surface area contributed by atoms with E-state index >= 15 is 0 Å². The summed E-state index contributed by atoms with van der Waals surface area (Å²) in [6.07, 6.45) is 7.87. The summed E-state index contributed by atoms with van der Waals surface area (Å²) in [4.78, 5) is 0. The van der Waals surface area contributed by atoms with E-state index in [9.17, 15) is 5.11 Å². The first-order valence-corrected chi connectivity index (χ1v) is 7.29. The van der Waals surface area contributed by atoms with Crippen molar-refractivity contribution in [1.29, 1.82) is 0 Å². The molecular formula is C16H25NO. The molecule has 100 valence electrons. The molecule has 18 heavy (non-hydrogen) atoms. The lowest BCUT2D eigenvalue weighted by atomic mass is 9.84. The first-order chi connectivity index (χ1) is 8.78. The minimum absolute atomic E-state index is 0.351. The third-order valence-electron chi connectivity index (χ3n) is 4.21. The van der Waals surface area contributed by atoms with Crippen molar-refractivity contribution in [3.05, 3.63) is 29.8 Å². The van der Waals surface area contributed by atoms with Crippen molar-refractivity contribution in [2.24, 2.45) is 5.92 Å². The van der Waals surface area contributed by atoms with E-state index in [1.54, 1.807) is 12.1 Å². The molecule has 2 heteroatoms. The maximum absolute atomic E-state index is 9.22. The molecule has 1 aliphatic rings. The monoisotopic (exact) mass is 247 g/mol. The fraction of sp³-hybridized carbons (Fsp3) is 0.625. The van der Waals surface area contributed by atoms with Crippen LogP contribution in [0.3, 0.4) is 0 Å². The van der Waals surface area contributed by atoms with Crippen molar-refractivity contribution in [3.63, 3.8) is 0 Å². The van der Waals surface area contributed by atoms with Crippen molar-refractivity contribution < 1.29 is 5.11 Å². The summed E-state index contributed by atoms with van der Waals surface area (Å²) >= 11 is 0. The highest BCUT2D eigenvalue weighted by Crippen LogP contribution is 2.26. The lowest BCUT2D eigenvalue weighted by Gasteiger charge is -2.28. The Morgan fingerprint density at radius 2 is 1.78 bits per heavy atom. The van der Waals surface area contributed by atoms with Crippen molar-refractivity contribution >= 4 is 0 Å². The van der Waals surface area contributed by atoms with Crippen LogP contribution in [0.5, 0.6) is 5.75 Å². The molecule has 1 aromatic carbocycles. The maximum atomic E-state index is 9.22. The van der Waals surface area contributed by atoms with Crippen molar-refractivity contribution in [1.82, 2.24) is 5.32 Å². The van der Waals surface area contributed by atoms with Crippen LogP contribution in [0.1, 0.15) is 44.6 Å². The molecule has 0 spiro atoms. The predicted octanol–water partition coefficient (Wildman–Crippen LogP) is 3.49. The fourth-order valence-corrected chi connectivity index (χ4v) is 2.86. The predicted molar refractivity (Wildman–Crippen MR) is 75.9 cm³/mol. The minimum atomic E-state index is 0.351. The zero-order valence-corrected chi connectivity index (χ0v) is 11.4. The van der Waals surface area contributed by atoms with Crippen molar-refractivity contribution in [2.75, 3.05) is 6.54 Å². The Balaban J connectivity index is 1.65. The Hall–Kier alpha value is -1.02. The Morgan fingerprint density at radius 3 is 2.39 bits per heavy atom. The molecule has 1 saturated carbocycles. The van der Waals surface area contributed by atoms with E-state index in [1.807, 2.05) is 12.1 Å². The van der Waals surface area contributed by atoms with Gasteiger partial charge in [0.05, 0.1) is 0 Å². The Labute approximate surface area is 110 Å². The van der Waals surface area contributed by atoms with Gasteiger partial charge in [-0.2, -0.15) is 0 Å². The number of rotatable bonds is 5. The third-order valence-corrected chi connectivity index (χ3v) is 4.21. The number of phenols is 1. The van der Waals surface area contributed by atoms with Crippen LogP contribution in [0, 0.1) is 5.92 Å². The van der Waals surface area contributed by atoms with Crippen molar-refractivity contribution in [3.8, 4) is 5.75 Å². The van der Waals surface area contributed by atoms with Gasteiger partial charge < -0.3 is 10.4 Å². The summed E-state index contributed by atoms with van der Waals surface area (Å²) in [6.45, 7) is 3.36. The zero-order valence-electron chi connectivity index (χ0n) is 11.4. The molecule has 2 N–H and O–H groups in total.